The molecule has 0 bridgehead atoms. The van der Waals surface area contributed by atoms with Gasteiger partial charge in [0, 0.05) is 12.1 Å². The molecule has 1 atom stereocenters. The monoisotopic (exact) mass is 425 g/mol. The third-order valence-electron chi connectivity index (χ3n) is 4.82. The van der Waals surface area contributed by atoms with E-state index in [1.54, 1.807) is 31.2 Å². The fourth-order valence-corrected chi connectivity index (χ4v) is 4.42. The lowest BCUT2D eigenvalue weighted by Crippen LogP contribution is -2.27. The van der Waals surface area contributed by atoms with Crippen molar-refractivity contribution in [2.24, 2.45) is 0 Å². The maximum absolute atomic E-state index is 12.6. The number of aryl methyl sites for hydroxylation is 2. The van der Waals surface area contributed by atoms with Crippen molar-refractivity contribution in [3.05, 3.63) is 60.2 Å². The summed E-state index contributed by atoms with van der Waals surface area (Å²) in [7, 11) is -3.70. The molecule has 0 fully saturated rings. The largest absolute Gasteiger partial charge is 0.337 e. The van der Waals surface area contributed by atoms with Gasteiger partial charge in [0.2, 0.25) is 21.7 Å². The van der Waals surface area contributed by atoms with Gasteiger partial charge in [-0.3, -0.25) is 0 Å². The van der Waals surface area contributed by atoms with Gasteiger partial charge in [0.1, 0.15) is 0 Å². The van der Waals surface area contributed by atoms with Crippen LogP contribution in [0.4, 0.5) is 0 Å². The Kier molecular flexibility index (Phi) is 5.40. The van der Waals surface area contributed by atoms with E-state index in [0.717, 1.165) is 35.1 Å². The Morgan fingerprint density at radius 2 is 1.93 bits per heavy atom. The van der Waals surface area contributed by atoms with Crippen LogP contribution in [0.3, 0.4) is 0 Å². The van der Waals surface area contributed by atoms with E-state index in [0.29, 0.717) is 5.82 Å². The summed E-state index contributed by atoms with van der Waals surface area (Å²) in [4.78, 5) is 9.01. The van der Waals surface area contributed by atoms with Crippen molar-refractivity contribution >= 4 is 21.1 Å². The molecule has 0 aliphatic carbocycles. The molecule has 0 spiro atoms. The van der Waals surface area contributed by atoms with E-state index in [1.807, 2.05) is 31.5 Å². The van der Waals surface area contributed by atoms with Gasteiger partial charge in [-0.15, -0.1) is 0 Å². The van der Waals surface area contributed by atoms with E-state index in [9.17, 15) is 8.42 Å². The van der Waals surface area contributed by atoms with Crippen LogP contribution in [0.1, 0.15) is 37.8 Å². The van der Waals surface area contributed by atoms with Gasteiger partial charge >= 0.3 is 0 Å². The molecule has 156 valence electrons. The van der Waals surface area contributed by atoms with Crippen molar-refractivity contribution < 1.29 is 12.9 Å². The summed E-state index contributed by atoms with van der Waals surface area (Å²) >= 11 is 0. The van der Waals surface area contributed by atoms with Gasteiger partial charge in [-0.05, 0) is 50.6 Å². The fourth-order valence-electron chi connectivity index (χ4n) is 3.22. The first-order chi connectivity index (χ1) is 14.4. The van der Waals surface area contributed by atoms with Crippen LogP contribution in [0, 0.1) is 6.92 Å². The van der Waals surface area contributed by atoms with Crippen LogP contribution in [0.5, 0.6) is 0 Å². The molecule has 1 N–H and O–H groups in total. The van der Waals surface area contributed by atoms with Gasteiger partial charge in [-0.25, -0.2) is 13.4 Å². The van der Waals surface area contributed by atoms with Crippen molar-refractivity contribution in [3.63, 3.8) is 0 Å². The molecular formula is C21H23N5O3S. The summed E-state index contributed by atoms with van der Waals surface area (Å²) in [6.45, 7) is 6.59. The molecule has 0 amide bonds. The second kappa shape index (κ2) is 8.00. The average molecular weight is 426 g/mol. The number of imidazole rings is 1. The molecule has 2 heterocycles. The molecule has 0 radical (unpaired) electrons. The molecule has 30 heavy (non-hydrogen) atoms. The third kappa shape index (κ3) is 3.99. The molecule has 0 unspecified atom stereocenters. The summed E-state index contributed by atoms with van der Waals surface area (Å²) in [6.07, 6.45) is 2.85. The standard InChI is InChI=1S/C21H23N5O3S/c1-4-11-26-13-22-18-12-16(7-10-19(18)26)20-23-21(29-24-20)15(3)25-30(27,28)17-8-5-14(2)6-9-17/h5-10,12-13,15,25H,4,11H2,1-3H3/t15-/m0/s1. The number of sulfonamides is 1. The zero-order chi connectivity index (χ0) is 21.3. The predicted octanol–water partition coefficient (Wildman–Crippen LogP) is 3.84. The van der Waals surface area contributed by atoms with Crippen molar-refractivity contribution in [2.75, 3.05) is 0 Å². The first kappa shape index (κ1) is 20.2. The number of fused-ring (bicyclic) bond motifs is 1. The topological polar surface area (TPSA) is 103 Å². The predicted molar refractivity (Wildman–Crippen MR) is 113 cm³/mol. The Morgan fingerprint density at radius 3 is 2.67 bits per heavy atom. The van der Waals surface area contributed by atoms with Crippen LogP contribution in [0.25, 0.3) is 22.4 Å². The second-order valence-corrected chi connectivity index (χ2v) is 8.97. The molecule has 0 saturated heterocycles. The number of hydrogen-bond donors (Lipinski definition) is 1. The Hall–Kier alpha value is -3.04. The van der Waals surface area contributed by atoms with E-state index >= 15 is 0 Å². The summed E-state index contributed by atoms with van der Waals surface area (Å²) in [5.74, 6) is 0.579. The summed E-state index contributed by atoms with van der Waals surface area (Å²) < 4.78 is 35.2. The van der Waals surface area contributed by atoms with Gasteiger partial charge in [-0.1, -0.05) is 29.8 Å². The number of aromatic nitrogens is 4. The summed E-state index contributed by atoms with van der Waals surface area (Å²) in [6, 6.07) is 11.7. The van der Waals surface area contributed by atoms with E-state index in [4.69, 9.17) is 4.52 Å². The highest BCUT2D eigenvalue weighted by molar-refractivity contribution is 7.89. The minimum atomic E-state index is -3.70. The van der Waals surface area contributed by atoms with Crippen molar-refractivity contribution in [3.8, 4) is 11.4 Å². The minimum Gasteiger partial charge on any atom is -0.337 e. The quantitative estimate of drug-likeness (QED) is 0.482. The molecule has 9 heteroatoms. The molecular weight excluding hydrogens is 402 g/mol. The fraction of sp³-hybridized carbons (Fsp3) is 0.286. The SMILES string of the molecule is CCCn1cnc2cc(-c3noc([C@H](C)NS(=O)(=O)c4ccc(C)cc4)n3)ccc21. The Labute approximate surface area is 175 Å². The van der Waals surface area contributed by atoms with Crippen LogP contribution < -0.4 is 4.72 Å². The average Bonchev–Trinajstić information content (AvgIpc) is 3.36. The van der Waals surface area contributed by atoms with E-state index in [1.165, 1.54) is 0 Å². The maximum Gasteiger partial charge on any atom is 0.244 e. The third-order valence-corrected chi connectivity index (χ3v) is 6.38. The van der Waals surface area contributed by atoms with Gasteiger partial charge in [0.25, 0.3) is 0 Å². The zero-order valence-electron chi connectivity index (χ0n) is 17.0. The Bertz CT molecular complexity index is 1280. The van der Waals surface area contributed by atoms with E-state index < -0.39 is 16.1 Å². The summed E-state index contributed by atoms with van der Waals surface area (Å²) in [5, 5.41) is 4.02. The number of rotatable bonds is 7. The molecule has 2 aromatic heterocycles. The van der Waals surface area contributed by atoms with E-state index in [2.05, 4.69) is 31.3 Å². The first-order valence-corrected chi connectivity index (χ1v) is 11.2. The highest BCUT2D eigenvalue weighted by Gasteiger charge is 2.23. The number of nitrogens with one attached hydrogen (secondary N) is 1. The molecule has 0 aliphatic rings. The lowest BCUT2D eigenvalue weighted by atomic mass is 10.2. The van der Waals surface area contributed by atoms with Crippen molar-refractivity contribution in [2.45, 2.75) is 44.7 Å². The second-order valence-electron chi connectivity index (χ2n) is 7.25. The molecule has 8 nitrogen and oxygen atoms in total. The molecule has 0 aliphatic heterocycles. The van der Waals surface area contributed by atoms with Crippen molar-refractivity contribution in [1.29, 1.82) is 0 Å². The van der Waals surface area contributed by atoms with Crippen LogP contribution in [-0.4, -0.2) is 28.1 Å². The first-order valence-electron chi connectivity index (χ1n) is 9.75. The lowest BCUT2D eigenvalue weighted by molar-refractivity contribution is 0.354. The molecule has 2 aromatic carbocycles. The van der Waals surface area contributed by atoms with Crippen LogP contribution in [-0.2, 0) is 16.6 Å². The number of hydrogen-bond acceptors (Lipinski definition) is 6. The van der Waals surface area contributed by atoms with Gasteiger partial charge < -0.3 is 9.09 Å². The lowest BCUT2D eigenvalue weighted by Gasteiger charge is -2.10. The Morgan fingerprint density at radius 1 is 1.17 bits per heavy atom. The molecule has 0 saturated carbocycles. The minimum absolute atomic E-state index is 0.188. The van der Waals surface area contributed by atoms with Gasteiger partial charge in [0.15, 0.2) is 0 Å². The van der Waals surface area contributed by atoms with Gasteiger partial charge in [-0.2, -0.15) is 9.71 Å². The smallest absolute Gasteiger partial charge is 0.244 e. The molecule has 4 aromatic rings. The normalized spacial score (nSPS) is 13.0. The highest BCUT2D eigenvalue weighted by Crippen LogP contribution is 2.24. The van der Waals surface area contributed by atoms with Crippen molar-refractivity contribution in [1.82, 2.24) is 24.4 Å². The number of nitrogens with zero attached hydrogens (tertiary/aromatic N) is 4. The zero-order valence-corrected chi connectivity index (χ0v) is 17.8. The van der Waals surface area contributed by atoms with Crippen LogP contribution in [0.15, 0.2) is 58.2 Å². The van der Waals surface area contributed by atoms with Gasteiger partial charge in [0.05, 0.1) is 28.3 Å². The highest BCUT2D eigenvalue weighted by atomic mass is 32.2. The molecule has 4 rings (SSSR count). The van der Waals surface area contributed by atoms with Crippen LogP contribution >= 0.6 is 0 Å². The maximum atomic E-state index is 12.6. The number of benzene rings is 2. The summed E-state index contributed by atoms with van der Waals surface area (Å²) in [5.41, 5.74) is 3.64. The Balaban J connectivity index is 1.54. The van der Waals surface area contributed by atoms with Crippen LogP contribution in [0.2, 0.25) is 0 Å². The van der Waals surface area contributed by atoms with E-state index in [-0.39, 0.29) is 10.8 Å².